The first-order valence-corrected chi connectivity index (χ1v) is 13.6. The molecular formula is C26H28N4O4S. The highest BCUT2D eigenvalue weighted by molar-refractivity contribution is 7.91. The molecule has 2 aromatic carbocycles. The van der Waals surface area contributed by atoms with E-state index < -0.39 is 15.8 Å². The number of hydrogen-bond donors (Lipinski definition) is 0. The lowest BCUT2D eigenvalue weighted by Gasteiger charge is -2.35. The molecule has 5 rings (SSSR count). The van der Waals surface area contributed by atoms with Crippen molar-refractivity contribution in [3.63, 3.8) is 0 Å². The highest BCUT2D eigenvalue weighted by atomic mass is 32.2. The molecule has 0 saturated carbocycles. The second-order valence-electron chi connectivity index (χ2n) is 9.25. The predicted molar refractivity (Wildman–Crippen MR) is 133 cm³/mol. The van der Waals surface area contributed by atoms with E-state index in [2.05, 4.69) is 0 Å². The molecule has 0 radical (unpaired) electrons. The molecule has 1 aromatic heterocycles. The van der Waals surface area contributed by atoms with E-state index in [0.717, 1.165) is 16.8 Å². The van der Waals surface area contributed by atoms with Crippen molar-refractivity contribution >= 4 is 21.7 Å². The molecule has 1 atom stereocenters. The number of benzene rings is 2. The smallest absolute Gasteiger partial charge is 0.257 e. The van der Waals surface area contributed by atoms with Crippen LogP contribution in [0, 0.1) is 12.8 Å². The number of carbonyl (C=O) groups is 2. The Morgan fingerprint density at radius 3 is 2.20 bits per heavy atom. The summed E-state index contributed by atoms with van der Waals surface area (Å²) in [6.07, 6.45) is 2.16. The van der Waals surface area contributed by atoms with Crippen molar-refractivity contribution in [3.8, 4) is 16.9 Å². The average molecular weight is 493 g/mol. The van der Waals surface area contributed by atoms with Gasteiger partial charge in [0.05, 0.1) is 28.7 Å². The molecule has 2 aliphatic rings. The van der Waals surface area contributed by atoms with Gasteiger partial charge in [-0.05, 0) is 25.5 Å². The van der Waals surface area contributed by atoms with Crippen LogP contribution in [0.4, 0.5) is 0 Å². The minimum absolute atomic E-state index is 0.0659. The molecule has 2 amide bonds. The number of sulfone groups is 1. The van der Waals surface area contributed by atoms with Crippen LogP contribution in [-0.4, -0.2) is 77.5 Å². The molecule has 2 fully saturated rings. The molecule has 3 heterocycles. The van der Waals surface area contributed by atoms with Crippen LogP contribution in [0.1, 0.15) is 22.3 Å². The van der Waals surface area contributed by atoms with E-state index in [1.54, 1.807) is 20.7 Å². The van der Waals surface area contributed by atoms with Gasteiger partial charge in [0.1, 0.15) is 5.69 Å². The van der Waals surface area contributed by atoms with Crippen molar-refractivity contribution in [2.75, 3.05) is 37.7 Å². The van der Waals surface area contributed by atoms with Gasteiger partial charge in [0.25, 0.3) is 5.91 Å². The van der Waals surface area contributed by atoms with Gasteiger partial charge >= 0.3 is 0 Å². The highest BCUT2D eigenvalue weighted by Gasteiger charge is 2.37. The fourth-order valence-electron chi connectivity index (χ4n) is 4.72. The van der Waals surface area contributed by atoms with Gasteiger partial charge in [-0.25, -0.2) is 13.1 Å². The molecule has 0 N–H and O–H groups in total. The summed E-state index contributed by atoms with van der Waals surface area (Å²) < 4.78 is 25.3. The Hall–Kier alpha value is -3.46. The maximum Gasteiger partial charge on any atom is 0.257 e. The monoisotopic (exact) mass is 492 g/mol. The van der Waals surface area contributed by atoms with Gasteiger partial charge in [-0.3, -0.25) is 9.59 Å². The van der Waals surface area contributed by atoms with Gasteiger partial charge < -0.3 is 9.80 Å². The molecule has 2 aliphatic heterocycles. The summed E-state index contributed by atoms with van der Waals surface area (Å²) in [4.78, 5) is 29.9. The van der Waals surface area contributed by atoms with Gasteiger partial charge in [0, 0.05) is 37.9 Å². The molecule has 9 heteroatoms. The fourth-order valence-corrected chi connectivity index (χ4v) is 6.45. The van der Waals surface area contributed by atoms with Crippen LogP contribution >= 0.6 is 0 Å². The van der Waals surface area contributed by atoms with E-state index in [0.29, 0.717) is 43.9 Å². The molecule has 35 heavy (non-hydrogen) atoms. The number of carbonyl (C=O) groups excluding carboxylic acids is 2. The van der Waals surface area contributed by atoms with Crippen LogP contribution in [0.2, 0.25) is 0 Å². The molecule has 3 aromatic rings. The van der Waals surface area contributed by atoms with Crippen molar-refractivity contribution in [2.24, 2.45) is 5.92 Å². The SMILES string of the molecule is Cc1ccc(-c2nn(-c3ccccc3)cc2C(=O)N2CCN(C(=O)[C@@H]3CCS(=O)(=O)C3)CC2)cc1. The topological polar surface area (TPSA) is 92.6 Å². The number of para-hydroxylation sites is 1. The maximum absolute atomic E-state index is 13.6. The number of piperazine rings is 1. The van der Waals surface area contributed by atoms with Crippen molar-refractivity contribution < 1.29 is 18.0 Å². The molecule has 8 nitrogen and oxygen atoms in total. The van der Waals surface area contributed by atoms with Crippen molar-refractivity contribution in [2.45, 2.75) is 13.3 Å². The van der Waals surface area contributed by atoms with E-state index in [1.807, 2.05) is 61.5 Å². The van der Waals surface area contributed by atoms with Crippen LogP contribution in [0.5, 0.6) is 0 Å². The number of amides is 2. The Bertz CT molecular complexity index is 1340. The largest absolute Gasteiger partial charge is 0.339 e. The van der Waals surface area contributed by atoms with E-state index in [9.17, 15) is 18.0 Å². The number of aromatic nitrogens is 2. The Morgan fingerprint density at radius 1 is 0.914 bits per heavy atom. The van der Waals surface area contributed by atoms with Gasteiger partial charge in [-0.15, -0.1) is 0 Å². The summed E-state index contributed by atoms with van der Waals surface area (Å²) in [5, 5.41) is 4.75. The molecule has 0 spiro atoms. The second-order valence-corrected chi connectivity index (χ2v) is 11.5. The van der Waals surface area contributed by atoms with Crippen molar-refractivity contribution in [1.29, 1.82) is 0 Å². The zero-order valence-corrected chi connectivity index (χ0v) is 20.4. The molecule has 0 aliphatic carbocycles. The van der Waals surface area contributed by atoms with E-state index >= 15 is 0 Å². The van der Waals surface area contributed by atoms with E-state index in [4.69, 9.17) is 5.10 Å². The van der Waals surface area contributed by atoms with E-state index in [-0.39, 0.29) is 23.3 Å². The Morgan fingerprint density at radius 2 is 1.57 bits per heavy atom. The zero-order chi connectivity index (χ0) is 24.6. The summed E-state index contributed by atoms with van der Waals surface area (Å²) in [5.74, 6) is -0.688. The Kier molecular flexibility index (Phi) is 6.19. The highest BCUT2D eigenvalue weighted by Crippen LogP contribution is 2.27. The standard InChI is InChI=1S/C26H28N4O4S/c1-19-7-9-20(10-8-19)24-23(17-30(27-24)22-5-3-2-4-6-22)26(32)29-14-12-28(13-15-29)25(31)21-11-16-35(33,34)18-21/h2-10,17,21H,11-16,18H2,1H3/t21-/m1/s1. The van der Waals surface area contributed by atoms with Crippen LogP contribution in [0.3, 0.4) is 0 Å². The molecule has 182 valence electrons. The molecule has 2 saturated heterocycles. The minimum Gasteiger partial charge on any atom is -0.339 e. The van der Waals surface area contributed by atoms with Gasteiger partial charge in [-0.2, -0.15) is 5.10 Å². The Labute approximate surface area is 205 Å². The Balaban J connectivity index is 1.36. The fraction of sp³-hybridized carbons (Fsp3) is 0.346. The lowest BCUT2D eigenvalue weighted by atomic mass is 10.0. The van der Waals surface area contributed by atoms with Crippen molar-refractivity contribution in [1.82, 2.24) is 19.6 Å². The minimum atomic E-state index is -3.12. The summed E-state index contributed by atoms with van der Waals surface area (Å²) in [6, 6.07) is 17.6. The quantitative estimate of drug-likeness (QED) is 0.558. The predicted octanol–water partition coefficient (Wildman–Crippen LogP) is 2.57. The lowest BCUT2D eigenvalue weighted by molar-refractivity contribution is -0.136. The molecule has 0 unspecified atom stereocenters. The first-order chi connectivity index (χ1) is 16.8. The summed E-state index contributed by atoms with van der Waals surface area (Å²) in [6.45, 7) is 3.60. The summed E-state index contributed by atoms with van der Waals surface area (Å²) in [5.41, 5.74) is 3.99. The summed E-state index contributed by atoms with van der Waals surface area (Å²) in [7, 11) is -3.12. The second kappa shape index (κ2) is 9.30. The first-order valence-electron chi connectivity index (χ1n) is 11.8. The van der Waals surface area contributed by atoms with Crippen LogP contribution < -0.4 is 0 Å². The number of rotatable bonds is 4. The number of nitrogens with zero attached hydrogens (tertiary/aromatic N) is 4. The number of aryl methyl sites for hydroxylation is 1. The van der Waals surface area contributed by atoms with Crippen LogP contribution in [-0.2, 0) is 14.6 Å². The van der Waals surface area contributed by atoms with Crippen LogP contribution in [0.15, 0.2) is 60.8 Å². The first kappa shape index (κ1) is 23.3. The van der Waals surface area contributed by atoms with E-state index in [1.165, 1.54) is 0 Å². The van der Waals surface area contributed by atoms with Gasteiger partial charge in [0.2, 0.25) is 5.91 Å². The maximum atomic E-state index is 13.6. The third kappa shape index (κ3) is 4.86. The number of hydrogen-bond acceptors (Lipinski definition) is 5. The van der Waals surface area contributed by atoms with Gasteiger partial charge in [-0.1, -0.05) is 48.0 Å². The normalized spacial score (nSPS) is 19.6. The third-order valence-corrected chi connectivity index (χ3v) is 8.52. The van der Waals surface area contributed by atoms with Crippen molar-refractivity contribution in [3.05, 3.63) is 71.9 Å². The molecular weight excluding hydrogens is 464 g/mol. The third-order valence-electron chi connectivity index (χ3n) is 6.75. The average Bonchev–Trinajstić information content (AvgIpc) is 3.48. The lowest BCUT2D eigenvalue weighted by Crippen LogP contribution is -2.52. The summed E-state index contributed by atoms with van der Waals surface area (Å²) >= 11 is 0. The molecule has 0 bridgehead atoms. The van der Waals surface area contributed by atoms with Crippen LogP contribution in [0.25, 0.3) is 16.9 Å². The zero-order valence-electron chi connectivity index (χ0n) is 19.6. The van der Waals surface area contributed by atoms with Gasteiger partial charge in [0.15, 0.2) is 9.84 Å².